The molecule has 0 aromatic heterocycles. The van der Waals surface area contributed by atoms with Crippen LogP contribution in [-0.2, 0) is 6.42 Å². The van der Waals surface area contributed by atoms with E-state index in [4.69, 9.17) is 11.6 Å². The Morgan fingerprint density at radius 1 is 1.00 bits per heavy atom. The van der Waals surface area contributed by atoms with Crippen molar-refractivity contribution < 1.29 is 13.2 Å². The molecule has 0 bridgehead atoms. The fourth-order valence-electron chi connectivity index (χ4n) is 1.99. The van der Waals surface area contributed by atoms with Crippen molar-refractivity contribution in [2.24, 2.45) is 0 Å². The van der Waals surface area contributed by atoms with Gasteiger partial charge in [0.1, 0.15) is 5.82 Å². The Morgan fingerprint density at radius 3 is 2.42 bits per heavy atom. The predicted molar refractivity (Wildman–Crippen MR) is 69.9 cm³/mol. The van der Waals surface area contributed by atoms with Crippen molar-refractivity contribution in [2.75, 3.05) is 5.88 Å². The maximum atomic E-state index is 13.6. The van der Waals surface area contributed by atoms with E-state index in [2.05, 4.69) is 0 Å². The van der Waals surface area contributed by atoms with Crippen LogP contribution in [0, 0.1) is 17.5 Å². The van der Waals surface area contributed by atoms with E-state index in [0.717, 1.165) is 6.07 Å². The van der Waals surface area contributed by atoms with E-state index >= 15 is 0 Å². The van der Waals surface area contributed by atoms with E-state index in [0.29, 0.717) is 5.56 Å². The van der Waals surface area contributed by atoms with E-state index < -0.39 is 11.6 Å². The first-order valence-electron chi connectivity index (χ1n) is 5.86. The van der Waals surface area contributed by atoms with Gasteiger partial charge in [-0.05, 0) is 35.7 Å². The van der Waals surface area contributed by atoms with Crippen LogP contribution in [0.5, 0.6) is 0 Å². The van der Waals surface area contributed by atoms with Crippen LogP contribution < -0.4 is 0 Å². The lowest BCUT2D eigenvalue weighted by molar-refractivity contribution is 0.495. The van der Waals surface area contributed by atoms with Crippen molar-refractivity contribution in [3.63, 3.8) is 0 Å². The van der Waals surface area contributed by atoms with E-state index in [1.165, 1.54) is 24.3 Å². The highest BCUT2D eigenvalue weighted by molar-refractivity contribution is 6.18. The van der Waals surface area contributed by atoms with E-state index in [1.54, 1.807) is 12.1 Å². The van der Waals surface area contributed by atoms with Gasteiger partial charge in [-0.1, -0.05) is 24.3 Å². The normalized spacial score (nSPS) is 12.4. The molecule has 1 atom stereocenters. The molecular formula is C15H12ClF3. The molecule has 0 amide bonds. The average molecular weight is 285 g/mol. The summed E-state index contributed by atoms with van der Waals surface area (Å²) in [5.41, 5.74) is 0.925. The summed E-state index contributed by atoms with van der Waals surface area (Å²) in [6.45, 7) is 0. The summed E-state index contributed by atoms with van der Waals surface area (Å²) in [6, 6.07) is 10.0. The molecule has 0 heterocycles. The third kappa shape index (κ3) is 3.29. The molecule has 0 N–H and O–H groups in total. The quantitative estimate of drug-likeness (QED) is 0.716. The Bertz CT molecular complexity index is 569. The monoisotopic (exact) mass is 284 g/mol. The fraction of sp³-hybridized carbons (Fsp3) is 0.200. The Kier molecular flexibility index (Phi) is 4.48. The number of alkyl halides is 1. The van der Waals surface area contributed by atoms with Gasteiger partial charge in [-0.15, -0.1) is 11.6 Å². The van der Waals surface area contributed by atoms with Crippen LogP contribution >= 0.6 is 11.6 Å². The molecule has 0 nitrogen and oxygen atoms in total. The molecule has 0 spiro atoms. The third-order valence-corrected chi connectivity index (χ3v) is 3.38. The maximum absolute atomic E-state index is 13.6. The molecule has 1 unspecified atom stereocenters. The molecule has 2 rings (SSSR count). The second-order valence-electron chi connectivity index (χ2n) is 4.32. The summed E-state index contributed by atoms with van der Waals surface area (Å²) < 4.78 is 39.9. The van der Waals surface area contributed by atoms with Crippen LogP contribution in [-0.4, -0.2) is 5.88 Å². The van der Waals surface area contributed by atoms with Crippen LogP contribution in [0.2, 0.25) is 0 Å². The Balaban J connectivity index is 2.26. The molecule has 2 aromatic rings. The van der Waals surface area contributed by atoms with Gasteiger partial charge in [-0.3, -0.25) is 0 Å². The number of rotatable bonds is 4. The fourth-order valence-corrected chi connectivity index (χ4v) is 2.28. The van der Waals surface area contributed by atoms with Gasteiger partial charge < -0.3 is 0 Å². The Hall–Kier alpha value is -1.48. The molecular weight excluding hydrogens is 273 g/mol. The van der Waals surface area contributed by atoms with Crippen LogP contribution in [0.4, 0.5) is 13.2 Å². The van der Waals surface area contributed by atoms with Gasteiger partial charge in [-0.25, -0.2) is 13.2 Å². The second kappa shape index (κ2) is 6.11. The number of hydrogen-bond acceptors (Lipinski definition) is 0. The van der Waals surface area contributed by atoms with Gasteiger partial charge in [0.05, 0.1) is 0 Å². The zero-order chi connectivity index (χ0) is 13.8. The molecule has 0 aliphatic carbocycles. The second-order valence-corrected chi connectivity index (χ2v) is 4.63. The summed E-state index contributed by atoms with van der Waals surface area (Å²) in [6.07, 6.45) is 0.233. The molecule has 0 aliphatic heterocycles. The highest BCUT2D eigenvalue weighted by atomic mass is 35.5. The topological polar surface area (TPSA) is 0 Å². The lowest BCUT2D eigenvalue weighted by Gasteiger charge is -2.15. The lowest BCUT2D eigenvalue weighted by Crippen LogP contribution is -2.07. The molecule has 0 aliphatic rings. The molecule has 19 heavy (non-hydrogen) atoms. The number of hydrogen-bond donors (Lipinski definition) is 0. The van der Waals surface area contributed by atoms with Crippen molar-refractivity contribution in [3.05, 3.63) is 71.0 Å². The summed E-state index contributed by atoms with van der Waals surface area (Å²) in [5.74, 6) is -2.17. The first kappa shape index (κ1) is 13.9. The third-order valence-electron chi connectivity index (χ3n) is 3.00. The highest BCUT2D eigenvalue weighted by Crippen LogP contribution is 2.25. The summed E-state index contributed by atoms with van der Waals surface area (Å²) >= 11 is 5.86. The van der Waals surface area contributed by atoms with Gasteiger partial charge in [0.2, 0.25) is 0 Å². The highest BCUT2D eigenvalue weighted by Gasteiger charge is 2.16. The first-order chi connectivity index (χ1) is 9.11. The van der Waals surface area contributed by atoms with Crippen molar-refractivity contribution in [3.8, 4) is 0 Å². The van der Waals surface area contributed by atoms with Crippen LogP contribution in [0.25, 0.3) is 0 Å². The minimum atomic E-state index is -0.884. The lowest BCUT2D eigenvalue weighted by atomic mass is 9.93. The predicted octanol–water partition coefficient (Wildman–Crippen LogP) is 4.67. The zero-order valence-corrected chi connectivity index (χ0v) is 10.8. The van der Waals surface area contributed by atoms with Crippen molar-refractivity contribution in [1.29, 1.82) is 0 Å². The van der Waals surface area contributed by atoms with Gasteiger partial charge >= 0.3 is 0 Å². The molecule has 2 aromatic carbocycles. The average Bonchev–Trinajstić information content (AvgIpc) is 2.40. The summed E-state index contributed by atoms with van der Waals surface area (Å²) in [7, 11) is 0. The van der Waals surface area contributed by atoms with Crippen molar-refractivity contribution in [1.82, 2.24) is 0 Å². The van der Waals surface area contributed by atoms with Crippen LogP contribution in [0.15, 0.2) is 42.5 Å². The zero-order valence-electron chi connectivity index (χ0n) is 10.0. The Labute approximate surface area is 114 Å². The maximum Gasteiger partial charge on any atom is 0.162 e. The molecule has 0 radical (unpaired) electrons. The molecule has 0 fully saturated rings. The molecule has 100 valence electrons. The van der Waals surface area contributed by atoms with E-state index in [9.17, 15) is 13.2 Å². The van der Waals surface area contributed by atoms with E-state index in [1.807, 2.05) is 0 Å². The Morgan fingerprint density at radius 2 is 1.74 bits per heavy atom. The van der Waals surface area contributed by atoms with Gasteiger partial charge in [-0.2, -0.15) is 0 Å². The standard InChI is InChI=1S/C15H12ClF3/c16-9-12(10-3-1-5-13(17)8-10)7-11-4-2-6-14(18)15(11)19/h1-6,8,12H,7,9H2. The largest absolute Gasteiger partial charge is 0.207 e. The number of halogens is 4. The van der Waals surface area contributed by atoms with Gasteiger partial charge in [0.15, 0.2) is 11.6 Å². The first-order valence-corrected chi connectivity index (χ1v) is 6.39. The minimum Gasteiger partial charge on any atom is -0.207 e. The minimum absolute atomic E-state index is 0.208. The van der Waals surface area contributed by atoms with E-state index in [-0.39, 0.29) is 29.6 Å². The summed E-state index contributed by atoms with van der Waals surface area (Å²) in [4.78, 5) is 0. The molecule has 4 heteroatoms. The number of benzene rings is 2. The van der Waals surface area contributed by atoms with Crippen LogP contribution in [0.3, 0.4) is 0 Å². The van der Waals surface area contributed by atoms with Gasteiger partial charge in [0.25, 0.3) is 0 Å². The van der Waals surface area contributed by atoms with Crippen molar-refractivity contribution >= 4 is 11.6 Å². The summed E-state index contributed by atoms with van der Waals surface area (Å²) in [5, 5.41) is 0. The SMILES string of the molecule is Fc1cccc(C(CCl)Cc2cccc(F)c2F)c1. The van der Waals surface area contributed by atoms with Crippen molar-refractivity contribution in [2.45, 2.75) is 12.3 Å². The van der Waals surface area contributed by atoms with Gasteiger partial charge in [0, 0.05) is 11.8 Å². The molecule has 0 saturated carbocycles. The smallest absolute Gasteiger partial charge is 0.162 e. The van der Waals surface area contributed by atoms with Crippen LogP contribution in [0.1, 0.15) is 17.0 Å². The molecule has 0 saturated heterocycles.